The molecule has 0 aromatic heterocycles. The van der Waals surface area contributed by atoms with Gasteiger partial charge in [0.1, 0.15) is 0 Å². The number of piperidine rings is 1. The third kappa shape index (κ3) is 6.71. The summed E-state index contributed by atoms with van der Waals surface area (Å²) in [6, 6.07) is 15.7. The number of allylic oxidation sites excluding steroid dienone is 1. The first-order valence-electron chi connectivity index (χ1n) is 14.3. The van der Waals surface area contributed by atoms with Crippen LogP contribution >= 0.6 is 0 Å². The number of likely N-dealkylation sites (tertiary alicyclic amines) is 1. The van der Waals surface area contributed by atoms with E-state index in [0.717, 1.165) is 31.6 Å². The highest BCUT2D eigenvalue weighted by Crippen LogP contribution is 2.41. The van der Waals surface area contributed by atoms with Crippen LogP contribution in [-0.2, 0) is 15.2 Å². The molecule has 2 amide bonds. The molecule has 10 heteroatoms. The predicted octanol–water partition coefficient (Wildman–Crippen LogP) is 3.80. The van der Waals surface area contributed by atoms with E-state index in [1.165, 1.54) is 12.1 Å². The first-order chi connectivity index (χ1) is 19.7. The molecule has 2 unspecified atom stereocenters. The lowest BCUT2D eigenvalue weighted by molar-refractivity contribution is -0.384. The number of carbonyl (C=O) groups excluding carboxylic acids is 2. The minimum Gasteiger partial charge on any atom is -0.385 e. The number of aliphatic imine (C=N–C) groups is 1. The van der Waals surface area contributed by atoms with Crippen molar-refractivity contribution in [1.82, 2.24) is 10.2 Å². The standard InChI is InChI=1S/C31H39N5O5/c1-3-24-27(29(32)37)26(21-11-13-23(14-12-21)36(40)41)28(25(4-2)34-24)30(38)33-17-8-18-35-19-15-31(39,16-20-35)22-9-6-5-7-10-22/h5-7,9-14,26-27,39H,3-4,8,15-20H2,1-2H3,(H2,32,37)(H,33,38). The van der Waals surface area contributed by atoms with E-state index in [1.54, 1.807) is 12.1 Å². The molecular formula is C31H39N5O5. The van der Waals surface area contributed by atoms with Gasteiger partial charge in [-0.25, -0.2) is 0 Å². The molecule has 41 heavy (non-hydrogen) atoms. The number of non-ortho nitro benzene ring substituents is 1. The maximum absolute atomic E-state index is 13.6. The molecule has 218 valence electrons. The summed E-state index contributed by atoms with van der Waals surface area (Å²) in [6.45, 7) is 6.53. The molecule has 2 aromatic carbocycles. The summed E-state index contributed by atoms with van der Waals surface area (Å²) < 4.78 is 0. The van der Waals surface area contributed by atoms with Crippen LogP contribution in [0.1, 0.15) is 63.0 Å². The Kier molecular flexibility index (Phi) is 9.67. The molecule has 10 nitrogen and oxygen atoms in total. The topological polar surface area (TPSA) is 151 Å². The number of amides is 2. The Morgan fingerprint density at radius 1 is 1.10 bits per heavy atom. The second-order valence-corrected chi connectivity index (χ2v) is 10.7. The van der Waals surface area contributed by atoms with E-state index in [4.69, 9.17) is 5.73 Å². The molecule has 1 saturated heterocycles. The van der Waals surface area contributed by atoms with E-state index in [1.807, 2.05) is 44.2 Å². The Hall–Kier alpha value is -3.89. The summed E-state index contributed by atoms with van der Waals surface area (Å²) in [5, 5.41) is 25.3. The first kappa shape index (κ1) is 30.1. The lowest BCUT2D eigenvalue weighted by atomic mass is 9.73. The van der Waals surface area contributed by atoms with Crippen LogP contribution in [-0.4, -0.2) is 58.6 Å². The van der Waals surface area contributed by atoms with Gasteiger partial charge in [0.25, 0.3) is 5.69 Å². The number of nitrogens with two attached hydrogens (primary N) is 1. The molecule has 0 saturated carbocycles. The van der Waals surface area contributed by atoms with Crippen LogP contribution in [0.4, 0.5) is 5.69 Å². The van der Waals surface area contributed by atoms with Crippen LogP contribution in [0.2, 0.25) is 0 Å². The minimum absolute atomic E-state index is 0.0739. The number of nitrogens with one attached hydrogen (secondary N) is 1. The normalized spacial score (nSPS) is 20.8. The van der Waals surface area contributed by atoms with E-state index >= 15 is 0 Å². The van der Waals surface area contributed by atoms with Crippen LogP contribution in [0.25, 0.3) is 0 Å². The molecule has 0 radical (unpaired) electrons. The summed E-state index contributed by atoms with van der Waals surface area (Å²) in [5.41, 5.74) is 8.10. The number of nitro groups is 1. The minimum atomic E-state index is -0.825. The maximum Gasteiger partial charge on any atom is 0.269 e. The molecule has 0 bridgehead atoms. The SMILES string of the molecule is CCC1=NC(CC)=C(C(=O)NCCCN2CCC(O)(c3ccccc3)CC2)C(c2ccc([N+](=O)[O-])cc2)C1C(N)=O. The highest BCUT2D eigenvalue weighted by atomic mass is 16.6. The average Bonchev–Trinajstić information content (AvgIpc) is 2.99. The molecule has 2 atom stereocenters. The Labute approximate surface area is 240 Å². The average molecular weight is 562 g/mol. The number of hydrogen-bond donors (Lipinski definition) is 3. The number of nitro benzene ring substituents is 1. The van der Waals surface area contributed by atoms with Crippen LogP contribution in [0.5, 0.6) is 0 Å². The predicted molar refractivity (Wildman–Crippen MR) is 157 cm³/mol. The van der Waals surface area contributed by atoms with Gasteiger partial charge in [-0.2, -0.15) is 0 Å². The van der Waals surface area contributed by atoms with Crippen LogP contribution in [0.3, 0.4) is 0 Å². The van der Waals surface area contributed by atoms with E-state index in [0.29, 0.717) is 54.8 Å². The lowest BCUT2D eigenvalue weighted by Gasteiger charge is -2.38. The zero-order valence-corrected chi connectivity index (χ0v) is 23.7. The number of carbonyl (C=O) groups is 2. The monoisotopic (exact) mass is 561 g/mol. The summed E-state index contributed by atoms with van der Waals surface area (Å²) in [7, 11) is 0. The Morgan fingerprint density at radius 2 is 1.76 bits per heavy atom. The summed E-state index contributed by atoms with van der Waals surface area (Å²) in [4.78, 5) is 44.0. The van der Waals surface area contributed by atoms with Gasteiger partial charge in [-0.3, -0.25) is 24.7 Å². The number of nitrogens with zero attached hydrogens (tertiary/aromatic N) is 3. The van der Waals surface area contributed by atoms with Crippen molar-refractivity contribution in [1.29, 1.82) is 0 Å². The largest absolute Gasteiger partial charge is 0.385 e. The smallest absolute Gasteiger partial charge is 0.269 e. The highest BCUT2D eigenvalue weighted by molar-refractivity contribution is 6.09. The van der Waals surface area contributed by atoms with E-state index in [2.05, 4.69) is 15.2 Å². The Bertz CT molecular complexity index is 1310. The second-order valence-electron chi connectivity index (χ2n) is 10.7. The highest BCUT2D eigenvalue weighted by Gasteiger charge is 2.41. The fourth-order valence-corrected chi connectivity index (χ4v) is 5.96. The van der Waals surface area contributed by atoms with Gasteiger partial charge in [0.05, 0.1) is 16.4 Å². The number of aliphatic hydroxyl groups is 1. The fraction of sp³-hybridized carbons (Fsp3) is 0.452. The second kappa shape index (κ2) is 13.2. The van der Waals surface area contributed by atoms with E-state index in [9.17, 15) is 24.8 Å². The van der Waals surface area contributed by atoms with Crippen molar-refractivity contribution in [3.05, 3.63) is 87.1 Å². The molecule has 1 fully saturated rings. The summed E-state index contributed by atoms with van der Waals surface area (Å²) in [5.74, 6) is -2.41. The van der Waals surface area contributed by atoms with Crippen LogP contribution in [0, 0.1) is 16.0 Å². The molecule has 0 spiro atoms. The number of rotatable bonds is 11. The van der Waals surface area contributed by atoms with Crippen molar-refractivity contribution in [3.63, 3.8) is 0 Å². The molecule has 2 aliphatic heterocycles. The summed E-state index contributed by atoms with van der Waals surface area (Å²) in [6.07, 6.45) is 3.00. The lowest BCUT2D eigenvalue weighted by Crippen LogP contribution is -2.44. The van der Waals surface area contributed by atoms with Crippen LogP contribution in [0.15, 0.2) is 70.9 Å². The van der Waals surface area contributed by atoms with Gasteiger partial charge in [-0.05, 0) is 49.8 Å². The fourth-order valence-electron chi connectivity index (χ4n) is 5.96. The van der Waals surface area contributed by atoms with Crippen molar-refractivity contribution in [2.45, 2.75) is 57.5 Å². The molecule has 4 rings (SSSR count). The van der Waals surface area contributed by atoms with Crippen molar-refractivity contribution >= 4 is 23.2 Å². The Morgan fingerprint density at radius 3 is 2.32 bits per heavy atom. The molecule has 2 aromatic rings. The van der Waals surface area contributed by atoms with E-state index in [-0.39, 0.29) is 11.6 Å². The molecule has 0 aliphatic carbocycles. The van der Waals surface area contributed by atoms with Gasteiger partial charge in [0.2, 0.25) is 11.8 Å². The van der Waals surface area contributed by atoms with Gasteiger partial charge in [0.15, 0.2) is 0 Å². The number of hydrogen-bond acceptors (Lipinski definition) is 7. The number of benzene rings is 2. The van der Waals surface area contributed by atoms with Crippen molar-refractivity contribution in [3.8, 4) is 0 Å². The van der Waals surface area contributed by atoms with Crippen molar-refractivity contribution in [2.75, 3.05) is 26.2 Å². The van der Waals surface area contributed by atoms with E-state index < -0.39 is 28.3 Å². The van der Waals surface area contributed by atoms with Gasteiger partial charge in [-0.15, -0.1) is 0 Å². The molecule has 2 aliphatic rings. The van der Waals surface area contributed by atoms with Gasteiger partial charge < -0.3 is 21.1 Å². The van der Waals surface area contributed by atoms with Gasteiger partial charge in [-0.1, -0.05) is 56.3 Å². The summed E-state index contributed by atoms with van der Waals surface area (Å²) >= 11 is 0. The quantitative estimate of drug-likeness (QED) is 0.216. The molecular weight excluding hydrogens is 522 g/mol. The Balaban J connectivity index is 1.44. The van der Waals surface area contributed by atoms with Crippen molar-refractivity contribution < 1.29 is 19.6 Å². The van der Waals surface area contributed by atoms with Gasteiger partial charge in [0, 0.05) is 54.7 Å². The first-order valence-corrected chi connectivity index (χ1v) is 14.3. The third-order valence-corrected chi connectivity index (χ3v) is 8.24. The number of primary amides is 1. The maximum atomic E-state index is 13.6. The zero-order valence-electron chi connectivity index (χ0n) is 23.7. The molecule has 4 N–H and O–H groups in total. The molecule has 2 heterocycles. The van der Waals surface area contributed by atoms with Crippen LogP contribution < -0.4 is 11.1 Å². The zero-order chi connectivity index (χ0) is 29.6. The third-order valence-electron chi connectivity index (χ3n) is 8.24. The van der Waals surface area contributed by atoms with Gasteiger partial charge >= 0.3 is 0 Å². The van der Waals surface area contributed by atoms with Crippen molar-refractivity contribution in [2.24, 2.45) is 16.6 Å².